The van der Waals surface area contributed by atoms with Crippen molar-refractivity contribution in [2.24, 2.45) is 11.8 Å². The molecule has 0 aromatic heterocycles. The summed E-state index contributed by atoms with van der Waals surface area (Å²) in [7, 11) is -3.90. The SMILES string of the molecule is CCCCCC1CCC(P(=O)(O)O)C(CCCCC)C1. The summed E-state index contributed by atoms with van der Waals surface area (Å²) in [5.41, 5.74) is -0.359. The van der Waals surface area contributed by atoms with Crippen LogP contribution in [0.1, 0.15) is 84.5 Å². The molecule has 0 bridgehead atoms. The van der Waals surface area contributed by atoms with Gasteiger partial charge in [0.1, 0.15) is 0 Å². The van der Waals surface area contributed by atoms with Gasteiger partial charge in [-0.3, -0.25) is 4.57 Å². The van der Waals surface area contributed by atoms with Crippen molar-refractivity contribution in [3.05, 3.63) is 0 Å². The Labute approximate surface area is 124 Å². The highest BCUT2D eigenvalue weighted by molar-refractivity contribution is 7.52. The molecule has 120 valence electrons. The molecule has 1 aliphatic carbocycles. The van der Waals surface area contributed by atoms with Crippen LogP contribution in [-0.4, -0.2) is 15.4 Å². The molecule has 1 aliphatic rings. The molecule has 20 heavy (non-hydrogen) atoms. The van der Waals surface area contributed by atoms with E-state index in [1.165, 1.54) is 38.5 Å². The molecule has 0 aliphatic heterocycles. The topological polar surface area (TPSA) is 57.5 Å². The molecule has 1 saturated carbocycles. The number of hydrogen-bond acceptors (Lipinski definition) is 1. The molecule has 0 radical (unpaired) electrons. The summed E-state index contributed by atoms with van der Waals surface area (Å²) in [5.74, 6) is 0.957. The van der Waals surface area contributed by atoms with Crippen molar-refractivity contribution in [2.45, 2.75) is 90.1 Å². The summed E-state index contributed by atoms with van der Waals surface area (Å²) in [6, 6.07) is 0. The molecule has 0 aromatic rings. The predicted molar refractivity (Wildman–Crippen MR) is 84.9 cm³/mol. The lowest BCUT2D eigenvalue weighted by Crippen LogP contribution is -2.29. The van der Waals surface area contributed by atoms with E-state index in [2.05, 4.69) is 13.8 Å². The molecule has 0 amide bonds. The number of unbranched alkanes of at least 4 members (excludes halogenated alkanes) is 4. The van der Waals surface area contributed by atoms with Crippen LogP contribution in [0.5, 0.6) is 0 Å². The Bertz CT molecular complexity index is 300. The first-order valence-corrected chi connectivity index (χ1v) is 10.2. The van der Waals surface area contributed by atoms with Gasteiger partial charge in [0, 0.05) is 0 Å². The molecule has 0 saturated heterocycles. The lowest BCUT2D eigenvalue weighted by molar-refractivity contribution is 0.215. The minimum absolute atomic E-state index is 0.253. The summed E-state index contributed by atoms with van der Waals surface area (Å²) in [4.78, 5) is 19.2. The molecule has 1 rings (SSSR count). The van der Waals surface area contributed by atoms with E-state index in [0.29, 0.717) is 5.92 Å². The average molecular weight is 304 g/mol. The smallest absolute Gasteiger partial charge is 0.324 e. The van der Waals surface area contributed by atoms with Gasteiger partial charge in [-0.15, -0.1) is 0 Å². The number of hydrogen-bond donors (Lipinski definition) is 2. The fourth-order valence-corrected chi connectivity index (χ4v) is 5.01. The van der Waals surface area contributed by atoms with Gasteiger partial charge in [-0.05, 0) is 37.5 Å². The Kier molecular flexibility index (Phi) is 8.39. The van der Waals surface area contributed by atoms with Crippen LogP contribution >= 0.6 is 7.60 Å². The van der Waals surface area contributed by atoms with Crippen LogP contribution in [0.15, 0.2) is 0 Å². The fraction of sp³-hybridized carbons (Fsp3) is 1.00. The maximum Gasteiger partial charge on any atom is 0.328 e. The van der Waals surface area contributed by atoms with Crippen LogP contribution < -0.4 is 0 Å². The van der Waals surface area contributed by atoms with Gasteiger partial charge in [-0.25, -0.2) is 0 Å². The maximum absolute atomic E-state index is 11.7. The molecule has 0 aromatic carbocycles. The summed E-state index contributed by atoms with van der Waals surface area (Å²) < 4.78 is 11.7. The highest BCUT2D eigenvalue weighted by Crippen LogP contribution is 2.53. The van der Waals surface area contributed by atoms with Crippen LogP contribution in [0, 0.1) is 11.8 Å². The van der Waals surface area contributed by atoms with Crippen LogP contribution in [0.3, 0.4) is 0 Å². The first-order chi connectivity index (χ1) is 9.49. The standard InChI is InChI=1S/C16H33O3P/c1-3-5-7-9-14-11-12-16(20(17,18)19)15(13-14)10-8-6-4-2/h14-16H,3-13H2,1-2H3,(H2,17,18,19). The molecule has 0 spiro atoms. The summed E-state index contributed by atoms with van der Waals surface area (Å²) in [6.45, 7) is 4.40. The third kappa shape index (κ3) is 6.28. The zero-order chi connectivity index (χ0) is 15.0. The summed E-state index contributed by atoms with van der Waals surface area (Å²) >= 11 is 0. The van der Waals surface area contributed by atoms with Crippen molar-refractivity contribution in [3.63, 3.8) is 0 Å². The van der Waals surface area contributed by atoms with E-state index in [4.69, 9.17) is 0 Å². The lowest BCUT2D eigenvalue weighted by Gasteiger charge is -2.36. The van der Waals surface area contributed by atoms with E-state index in [0.717, 1.165) is 32.1 Å². The second-order valence-corrected chi connectivity index (χ2v) is 8.43. The molecule has 3 nitrogen and oxygen atoms in total. The van der Waals surface area contributed by atoms with Gasteiger partial charge in [-0.1, -0.05) is 58.8 Å². The first kappa shape index (κ1) is 18.2. The third-order valence-electron chi connectivity index (χ3n) is 4.88. The van der Waals surface area contributed by atoms with E-state index >= 15 is 0 Å². The van der Waals surface area contributed by atoms with Crippen LogP contribution in [0.25, 0.3) is 0 Å². The van der Waals surface area contributed by atoms with Gasteiger partial charge >= 0.3 is 7.60 Å². The average Bonchev–Trinajstić information content (AvgIpc) is 2.38. The minimum Gasteiger partial charge on any atom is -0.324 e. The molecule has 1 fully saturated rings. The third-order valence-corrected chi connectivity index (χ3v) is 6.42. The Hall–Kier alpha value is 0.150. The summed E-state index contributed by atoms with van der Waals surface area (Å²) in [6.07, 6.45) is 12.4. The second-order valence-electron chi connectivity index (χ2n) is 6.59. The van der Waals surface area contributed by atoms with Gasteiger partial charge in [-0.2, -0.15) is 0 Å². The van der Waals surface area contributed by atoms with Gasteiger partial charge in [0.15, 0.2) is 0 Å². The zero-order valence-corrected chi connectivity index (χ0v) is 14.2. The normalized spacial score (nSPS) is 27.7. The molecule has 3 unspecified atom stereocenters. The monoisotopic (exact) mass is 304 g/mol. The van der Waals surface area contributed by atoms with Crippen LogP contribution in [-0.2, 0) is 4.57 Å². The van der Waals surface area contributed by atoms with Gasteiger partial charge < -0.3 is 9.79 Å². The van der Waals surface area contributed by atoms with Crippen molar-refractivity contribution in [2.75, 3.05) is 0 Å². The van der Waals surface area contributed by atoms with Crippen molar-refractivity contribution in [1.82, 2.24) is 0 Å². The Morgan fingerprint density at radius 3 is 2.10 bits per heavy atom. The largest absolute Gasteiger partial charge is 0.328 e. The van der Waals surface area contributed by atoms with Gasteiger partial charge in [0.2, 0.25) is 0 Å². The molecule has 3 atom stereocenters. The van der Waals surface area contributed by atoms with Gasteiger partial charge in [0.25, 0.3) is 0 Å². The highest BCUT2D eigenvalue weighted by atomic mass is 31.2. The van der Waals surface area contributed by atoms with Crippen LogP contribution in [0.4, 0.5) is 0 Å². The highest BCUT2D eigenvalue weighted by Gasteiger charge is 2.39. The van der Waals surface area contributed by atoms with Crippen molar-refractivity contribution < 1.29 is 14.4 Å². The fourth-order valence-electron chi connectivity index (χ4n) is 3.70. The number of rotatable bonds is 9. The molecule has 0 heterocycles. The van der Waals surface area contributed by atoms with E-state index < -0.39 is 7.60 Å². The van der Waals surface area contributed by atoms with E-state index in [-0.39, 0.29) is 11.6 Å². The van der Waals surface area contributed by atoms with E-state index in [1.54, 1.807) is 0 Å². The van der Waals surface area contributed by atoms with E-state index in [1.807, 2.05) is 0 Å². The predicted octanol–water partition coefficient (Wildman–Crippen LogP) is 5.11. The maximum atomic E-state index is 11.7. The quantitative estimate of drug-likeness (QED) is 0.459. The second kappa shape index (κ2) is 9.23. The molecular formula is C16H33O3P. The Balaban J connectivity index is 2.51. The Morgan fingerprint density at radius 2 is 1.55 bits per heavy atom. The lowest BCUT2D eigenvalue weighted by atomic mass is 9.76. The zero-order valence-electron chi connectivity index (χ0n) is 13.3. The van der Waals surface area contributed by atoms with Crippen molar-refractivity contribution >= 4 is 7.60 Å². The van der Waals surface area contributed by atoms with Crippen molar-refractivity contribution in [3.8, 4) is 0 Å². The van der Waals surface area contributed by atoms with E-state index in [9.17, 15) is 14.4 Å². The Morgan fingerprint density at radius 1 is 0.950 bits per heavy atom. The van der Waals surface area contributed by atoms with Crippen molar-refractivity contribution in [1.29, 1.82) is 0 Å². The summed E-state index contributed by atoms with van der Waals surface area (Å²) in [5, 5.41) is 0. The van der Waals surface area contributed by atoms with Gasteiger partial charge in [0.05, 0.1) is 5.66 Å². The molecule has 2 N–H and O–H groups in total. The molecular weight excluding hydrogens is 271 g/mol. The first-order valence-electron chi connectivity index (χ1n) is 8.54. The minimum atomic E-state index is -3.90. The molecule has 4 heteroatoms. The van der Waals surface area contributed by atoms with Crippen LogP contribution in [0.2, 0.25) is 0 Å².